The van der Waals surface area contributed by atoms with Crippen molar-refractivity contribution in [2.24, 2.45) is 0 Å². The highest BCUT2D eigenvalue weighted by molar-refractivity contribution is 7.89. The van der Waals surface area contributed by atoms with Gasteiger partial charge in [-0.1, -0.05) is 36.4 Å². The molecule has 0 aliphatic rings. The Kier molecular flexibility index (Phi) is 4.47. The summed E-state index contributed by atoms with van der Waals surface area (Å²) in [5, 5.41) is 10.6. The third kappa shape index (κ3) is 3.44. The molecule has 0 unspecified atom stereocenters. The third-order valence-corrected chi connectivity index (χ3v) is 5.27. The smallest absolute Gasteiger partial charge is 0.240 e. The van der Waals surface area contributed by atoms with Crippen LogP contribution in [-0.4, -0.2) is 31.2 Å². The Bertz CT molecular complexity index is 888. The summed E-state index contributed by atoms with van der Waals surface area (Å²) in [6.07, 6.45) is 2.26. The first kappa shape index (κ1) is 15.7. The molecule has 1 aromatic heterocycles. The first-order valence-electron chi connectivity index (χ1n) is 7.33. The van der Waals surface area contributed by atoms with Crippen LogP contribution in [-0.2, 0) is 16.4 Å². The van der Waals surface area contributed by atoms with Gasteiger partial charge in [0.1, 0.15) is 0 Å². The molecule has 3 aromatic rings. The van der Waals surface area contributed by atoms with Gasteiger partial charge in [-0.15, -0.1) is 0 Å². The highest BCUT2D eigenvalue weighted by Gasteiger charge is 2.20. The molecule has 0 aliphatic heterocycles. The topological polar surface area (TPSA) is 82.2 Å². The van der Waals surface area contributed by atoms with E-state index in [1.54, 1.807) is 18.2 Å². The van der Waals surface area contributed by atoms with Gasteiger partial charge in [0.2, 0.25) is 10.0 Å². The van der Waals surface area contributed by atoms with Crippen LogP contribution in [0.25, 0.3) is 10.9 Å². The molecular formula is C17H18N2O3S. The average Bonchev–Trinajstić information content (AvgIpc) is 2.98. The maximum absolute atomic E-state index is 12.4. The molecule has 3 N–H and O–H groups in total. The van der Waals surface area contributed by atoms with Crippen LogP contribution in [0, 0.1) is 0 Å². The minimum Gasteiger partial charge on any atom is -0.395 e. The Hall–Kier alpha value is -2.15. The summed E-state index contributed by atoms with van der Waals surface area (Å²) >= 11 is 0. The molecule has 1 atom stereocenters. The van der Waals surface area contributed by atoms with Crippen molar-refractivity contribution in [2.45, 2.75) is 17.4 Å². The van der Waals surface area contributed by atoms with Gasteiger partial charge in [-0.25, -0.2) is 13.1 Å². The quantitative estimate of drug-likeness (QED) is 0.647. The van der Waals surface area contributed by atoms with Crippen molar-refractivity contribution in [3.05, 3.63) is 66.4 Å². The Morgan fingerprint density at radius 1 is 1.04 bits per heavy atom. The summed E-state index contributed by atoms with van der Waals surface area (Å²) in [6.45, 7) is -0.272. The highest BCUT2D eigenvalue weighted by atomic mass is 32.2. The van der Waals surface area contributed by atoms with Crippen molar-refractivity contribution in [3.63, 3.8) is 0 Å². The van der Waals surface area contributed by atoms with Crippen molar-refractivity contribution in [1.29, 1.82) is 0 Å². The number of hydrogen-bond donors (Lipinski definition) is 3. The second-order valence-electron chi connectivity index (χ2n) is 5.38. The number of nitrogens with one attached hydrogen (secondary N) is 2. The molecule has 0 aliphatic carbocycles. The van der Waals surface area contributed by atoms with Gasteiger partial charge in [-0.2, -0.15) is 0 Å². The van der Waals surface area contributed by atoms with E-state index in [0.29, 0.717) is 6.42 Å². The number of para-hydroxylation sites is 1. The molecule has 0 bridgehead atoms. The summed E-state index contributed by atoms with van der Waals surface area (Å²) in [6, 6.07) is 15.4. The van der Waals surface area contributed by atoms with Crippen LogP contribution >= 0.6 is 0 Å². The Balaban J connectivity index is 1.81. The lowest BCUT2D eigenvalue weighted by Gasteiger charge is -2.16. The standard InChI is InChI=1S/C17H18N2O3S/c20-12-14(19-23(21,22)15-6-2-1-3-7-15)10-13-11-18-17-9-5-4-8-16(13)17/h1-9,11,14,18-20H,10,12H2/t14-/m0/s1. The van der Waals surface area contributed by atoms with Gasteiger partial charge in [0.15, 0.2) is 0 Å². The van der Waals surface area contributed by atoms with Crippen LogP contribution in [0.1, 0.15) is 5.56 Å². The van der Waals surface area contributed by atoms with Crippen molar-refractivity contribution in [1.82, 2.24) is 9.71 Å². The second-order valence-corrected chi connectivity index (χ2v) is 7.09. The van der Waals surface area contributed by atoms with Gasteiger partial charge in [0.05, 0.1) is 11.5 Å². The van der Waals surface area contributed by atoms with Crippen LogP contribution in [0.2, 0.25) is 0 Å². The van der Waals surface area contributed by atoms with Crippen LogP contribution in [0.15, 0.2) is 65.7 Å². The molecule has 23 heavy (non-hydrogen) atoms. The number of H-pyrrole nitrogens is 1. The molecule has 120 valence electrons. The number of aromatic nitrogens is 1. The van der Waals surface area contributed by atoms with E-state index in [9.17, 15) is 13.5 Å². The predicted molar refractivity (Wildman–Crippen MR) is 89.6 cm³/mol. The van der Waals surface area contributed by atoms with E-state index in [2.05, 4.69) is 9.71 Å². The lowest BCUT2D eigenvalue weighted by molar-refractivity contribution is 0.256. The molecular weight excluding hydrogens is 312 g/mol. The van der Waals surface area contributed by atoms with E-state index in [-0.39, 0.29) is 11.5 Å². The number of benzene rings is 2. The van der Waals surface area contributed by atoms with Crippen LogP contribution in [0.3, 0.4) is 0 Å². The fraction of sp³-hybridized carbons (Fsp3) is 0.176. The molecule has 0 saturated heterocycles. The van der Waals surface area contributed by atoms with Gasteiger partial charge in [-0.3, -0.25) is 0 Å². The zero-order chi connectivity index (χ0) is 16.3. The van der Waals surface area contributed by atoms with Crippen molar-refractivity contribution in [2.75, 3.05) is 6.61 Å². The fourth-order valence-corrected chi connectivity index (χ4v) is 3.84. The van der Waals surface area contributed by atoms with Crippen LogP contribution < -0.4 is 4.72 Å². The molecule has 0 spiro atoms. The highest BCUT2D eigenvalue weighted by Crippen LogP contribution is 2.19. The van der Waals surface area contributed by atoms with Crippen molar-refractivity contribution in [3.8, 4) is 0 Å². The van der Waals surface area contributed by atoms with Crippen LogP contribution in [0.4, 0.5) is 0 Å². The number of fused-ring (bicyclic) bond motifs is 1. The lowest BCUT2D eigenvalue weighted by Crippen LogP contribution is -2.39. The summed E-state index contributed by atoms with van der Waals surface area (Å²) in [5.74, 6) is 0. The van der Waals surface area contributed by atoms with E-state index in [4.69, 9.17) is 0 Å². The number of aliphatic hydroxyl groups excluding tert-OH is 1. The number of aliphatic hydroxyl groups is 1. The SMILES string of the molecule is O=S(=O)(N[C@H](CO)Cc1c[nH]c2ccccc12)c1ccccc1. The van der Waals surface area contributed by atoms with E-state index >= 15 is 0 Å². The molecule has 6 heteroatoms. The monoisotopic (exact) mass is 330 g/mol. The Morgan fingerprint density at radius 2 is 1.74 bits per heavy atom. The van der Waals surface area contributed by atoms with E-state index in [1.807, 2.05) is 30.5 Å². The summed E-state index contributed by atoms with van der Waals surface area (Å²) in [5.41, 5.74) is 1.96. The zero-order valence-corrected chi connectivity index (χ0v) is 13.3. The zero-order valence-electron chi connectivity index (χ0n) is 12.4. The second kappa shape index (κ2) is 6.54. The molecule has 2 aromatic carbocycles. The minimum absolute atomic E-state index is 0.192. The molecule has 0 saturated carbocycles. The summed E-state index contributed by atoms with van der Waals surface area (Å²) in [7, 11) is -3.65. The van der Waals surface area contributed by atoms with E-state index in [1.165, 1.54) is 12.1 Å². The van der Waals surface area contributed by atoms with Crippen molar-refractivity contribution < 1.29 is 13.5 Å². The summed E-state index contributed by atoms with van der Waals surface area (Å²) in [4.78, 5) is 3.35. The largest absolute Gasteiger partial charge is 0.395 e. The molecule has 1 heterocycles. The third-order valence-electron chi connectivity index (χ3n) is 3.74. The predicted octanol–water partition coefficient (Wildman–Crippen LogP) is 2.05. The van der Waals surface area contributed by atoms with Gasteiger partial charge < -0.3 is 10.1 Å². The first-order valence-corrected chi connectivity index (χ1v) is 8.82. The molecule has 0 radical (unpaired) electrons. The first-order chi connectivity index (χ1) is 11.1. The molecule has 5 nitrogen and oxygen atoms in total. The normalized spacial score (nSPS) is 13.3. The number of rotatable bonds is 6. The number of aromatic amines is 1. The molecule has 3 rings (SSSR count). The lowest BCUT2D eigenvalue weighted by atomic mass is 10.1. The molecule has 0 fully saturated rings. The van der Waals surface area contributed by atoms with E-state index in [0.717, 1.165) is 16.5 Å². The molecule has 0 amide bonds. The van der Waals surface area contributed by atoms with Crippen molar-refractivity contribution >= 4 is 20.9 Å². The minimum atomic E-state index is -3.65. The van der Waals surface area contributed by atoms with Gasteiger partial charge in [0, 0.05) is 23.1 Å². The maximum atomic E-state index is 12.4. The summed E-state index contributed by atoms with van der Waals surface area (Å²) < 4.78 is 27.3. The fourth-order valence-electron chi connectivity index (χ4n) is 2.60. The van der Waals surface area contributed by atoms with Gasteiger partial charge >= 0.3 is 0 Å². The van der Waals surface area contributed by atoms with E-state index < -0.39 is 16.1 Å². The maximum Gasteiger partial charge on any atom is 0.240 e. The van der Waals surface area contributed by atoms with Gasteiger partial charge in [0.25, 0.3) is 0 Å². The Morgan fingerprint density at radius 3 is 2.48 bits per heavy atom. The van der Waals surface area contributed by atoms with Gasteiger partial charge in [-0.05, 0) is 30.2 Å². The Labute approximate surface area is 135 Å². The number of hydrogen-bond acceptors (Lipinski definition) is 3. The number of sulfonamides is 1. The van der Waals surface area contributed by atoms with Crippen LogP contribution in [0.5, 0.6) is 0 Å². The average molecular weight is 330 g/mol.